The maximum absolute atomic E-state index is 10.6. The lowest BCUT2D eigenvalue weighted by atomic mass is 9.73. The van der Waals surface area contributed by atoms with Gasteiger partial charge in [0, 0.05) is 0 Å². The normalized spacial score (nSPS) is 30.2. The van der Waals surface area contributed by atoms with Crippen LogP contribution in [0.2, 0.25) is 0 Å². The molecule has 0 bridgehead atoms. The summed E-state index contributed by atoms with van der Waals surface area (Å²) in [6, 6.07) is 6.45. The molecule has 1 heteroatoms. The van der Waals surface area contributed by atoms with Crippen LogP contribution in [0.25, 0.3) is 0 Å². The minimum Gasteiger partial charge on any atom is -0.388 e. The molecule has 1 nitrogen and oxygen atoms in total. The molecule has 0 radical (unpaired) electrons. The molecule has 2 rings (SSSR count). The summed E-state index contributed by atoms with van der Waals surface area (Å²) < 4.78 is 0. The van der Waals surface area contributed by atoms with E-state index in [1.165, 1.54) is 30.4 Å². The Balaban J connectivity index is 2.17. The molecule has 3 atom stereocenters. The Morgan fingerprint density at radius 2 is 1.44 bits per heavy atom. The Labute approximate surface area is 111 Å². The third-order valence-electron chi connectivity index (χ3n) is 4.25. The molecule has 1 saturated carbocycles. The highest BCUT2D eigenvalue weighted by Crippen LogP contribution is 2.40. The molecule has 0 saturated heterocycles. The van der Waals surface area contributed by atoms with Crippen LogP contribution in [0.5, 0.6) is 0 Å². The van der Waals surface area contributed by atoms with Crippen molar-refractivity contribution in [3.05, 3.63) is 34.9 Å². The standard InChI is InChI=1S/C17H26O/c1-11-5-12(2)8-15(7-11)17(18)16-9-13(3)6-14(4)10-16/h5,7-8,13-14,16-18H,6,9-10H2,1-4H3. The minimum atomic E-state index is -0.284. The summed E-state index contributed by atoms with van der Waals surface area (Å²) in [5, 5.41) is 10.6. The lowest BCUT2D eigenvalue weighted by molar-refractivity contribution is 0.0551. The summed E-state index contributed by atoms with van der Waals surface area (Å²) in [6.07, 6.45) is 3.36. The Kier molecular flexibility index (Phi) is 4.11. The zero-order valence-corrected chi connectivity index (χ0v) is 12.1. The lowest BCUT2D eigenvalue weighted by Crippen LogP contribution is -2.24. The average Bonchev–Trinajstić information content (AvgIpc) is 2.25. The van der Waals surface area contributed by atoms with Crippen LogP contribution in [0.1, 0.15) is 55.9 Å². The first kappa shape index (κ1) is 13.6. The van der Waals surface area contributed by atoms with Crippen LogP contribution in [-0.4, -0.2) is 5.11 Å². The fraction of sp³-hybridized carbons (Fsp3) is 0.647. The van der Waals surface area contributed by atoms with E-state index in [-0.39, 0.29) is 6.10 Å². The van der Waals surface area contributed by atoms with Gasteiger partial charge in [-0.1, -0.05) is 43.2 Å². The van der Waals surface area contributed by atoms with Gasteiger partial charge in [-0.05, 0) is 56.4 Å². The molecule has 1 aliphatic rings. The van der Waals surface area contributed by atoms with Crippen molar-refractivity contribution in [1.29, 1.82) is 0 Å². The average molecular weight is 246 g/mol. The Morgan fingerprint density at radius 3 is 1.94 bits per heavy atom. The van der Waals surface area contributed by atoms with Crippen molar-refractivity contribution in [2.45, 2.75) is 53.1 Å². The smallest absolute Gasteiger partial charge is 0.0818 e. The van der Waals surface area contributed by atoms with Crippen LogP contribution >= 0.6 is 0 Å². The highest BCUT2D eigenvalue weighted by molar-refractivity contribution is 5.30. The van der Waals surface area contributed by atoms with Gasteiger partial charge in [-0.2, -0.15) is 0 Å². The summed E-state index contributed by atoms with van der Waals surface area (Å²) >= 11 is 0. The van der Waals surface area contributed by atoms with E-state index in [1.54, 1.807) is 0 Å². The van der Waals surface area contributed by atoms with E-state index in [9.17, 15) is 5.11 Å². The van der Waals surface area contributed by atoms with Crippen LogP contribution in [0.15, 0.2) is 18.2 Å². The van der Waals surface area contributed by atoms with Crippen molar-refractivity contribution in [3.63, 3.8) is 0 Å². The summed E-state index contributed by atoms with van der Waals surface area (Å²) in [5.41, 5.74) is 3.61. The second-order valence-electron chi connectivity index (χ2n) is 6.54. The van der Waals surface area contributed by atoms with Crippen LogP contribution < -0.4 is 0 Å². The monoisotopic (exact) mass is 246 g/mol. The Morgan fingerprint density at radius 1 is 0.944 bits per heavy atom. The van der Waals surface area contributed by atoms with Crippen LogP contribution in [0, 0.1) is 31.6 Å². The molecular formula is C17H26O. The van der Waals surface area contributed by atoms with Gasteiger partial charge < -0.3 is 5.11 Å². The topological polar surface area (TPSA) is 20.2 Å². The van der Waals surface area contributed by atoms with E-state index >= 15 is 0 Å². The molecule has 1 aliphatic carbocycles. The second-order valence-corrected chi connectivity index (χ2v) is 6.54. The molecular weight excluding hydrogens is 220 g/mol. The van der Waals surface area contributed by atoms with Crippen molar-refractivity contribution < 1.29 is 5.11 Å². The van der Waals surface area contributed by atoms with Gasteiger partial charge in [-0.15, -0.1) is 0 Å². The maximum Gasteiger partial charge on any atom is 0.0818 e. The lowest BCUT2D eigenvalue weighted by Gasteiger charge is -2.34. The third kappa shape index (κ3) is 3.14. The van der Waals surface area contributed by atoms with Crippen molar-refractivity contribution >= 4 is 0 Å². The molecule has 18 heavy (non-hydrogen) atoms. The zero-order valence-electron chi connectivity index (χ0n) is 12.1. The van der Waals surface area contributed by atoms with Crippen molar-refractivity contribution in [1.82, 2.24) is 0 Å². The van der Waals surface area contributed by atoms with Gasteiger partial charge in [-0.3, -0.25) is 0 Å². The van der Waals surface area contributed by atoms with E-state index in [0.29, 0.717) is 5.92 Å². The SMILES string of the molecule is Cc1cc(C)cc(C(O)C2CC(C)CC(C)C2)c1. The summed E-state index contributed by atoms with van der Waals surface area (Å²) in [5.74, 6) is 1.93. The number of hydrogen-bond acceptors (Lipinski definition) is 1. The number of hydrogen-bond donors (Lipinski definition) is 1. The number of benzene rings is 1. The molecule has 0 amide bonds. The number of aliphatic hydroxyl groups excluding tert-OH is 1. The first-order chi connectivity index (χ1) is 8.45. The Bertz CT molecular complexity index is 380. The molecule has 0 spiro atoms. The van der Waals surface area contributed by atoms with Crippen LogP contribution in [-0.2, 0) is 0 Å². The molecule has 0 aromatic heterocycles. The maximum atomic E-state index is 10.6. The van der Waals surface area contributed by atoms with Crippen LogP contribution in [0.4, 0.5) is 0 Å². The first-order valence-electron chi connectivity index (χ1n) is 7.22. The van der Waals surface area contributed by atoms with Gasteiger partial charge in [0.2, 0.25) is 0 Å². The Hall–Kier alpha value is -0.820. The minimum absolute atomic E-state index is 0.284. The quantitative estimate of drug-likeness (QED) is 0.819. The summed E-state index contributed by atoms with van der Waals surface area (Å²) in [4.78, 5) is 0. The van der Waals surface area contributed by atoms with Gasteiger partial charge in [0.05, 0.1) is 6.10 Å². The fourth-order valence-corrected chi connectivity index (χ4v) is 3.72. The number of aryl methyl sites for hydroxylation is 2. The predicted molar refractivity (Wildman–Crippen MR) is 76.5 cm³/mol. The van der Waals surface area contributed by atoms with E-state index in [4.69, 9.17) is 0 Å². The molecule has 1 fully saturated rings. The van der Waals surface area contributed by atoms with Gasteiger partial charge in [0.1, 0.15) is 0 Å². The third-order valence-corrected chi connectivity index (χ3v) is 4.25. The van der Waals surface area contributed by atoms with E-state index < -0.39 is 0 Å². The largest absolute Gasteiger partial charge is 0.388 e. The van der Waals surface area contributed by atoms with Gasteiger partial charge in [0.25, 0.3) is 0 Å². The molecule has 1 aromatic rings. The van der Waals surface area contributed by atoms with E-state index in [0.717, 1.165) is 17.4 Å². The van der Waals surface area contributed by atoms with Gasteiger partial charge >= 0.3 is 0 Å². The molecule has 100 valence electrons. The molecule has 0 aliphatic heterocycles. The predicted octanol–water partition coefficient (Wildman–Crippen LogP) is 4.41. The number of aliphatic hydroxyl groups is 1. The highest BCUT2D eigenvalue weighted by Gasteiger charge is 2.29. The molecule has 1 aromatic carbocycles. The fourth-order valence-electron chi connectivity index (χ4n) is 3.72. The van der Waals surface area contributed by atoms with Crippen molar-refractivity contribution in [2.75, 3.05) is 0 Å². The molecule has 3 unspecified atom stereocenters. The van der Waals surface area contributed by atoms with Gasteiger partial charge in [0.15, 0.2) is 0 Å². The van der Waals surface area contributed by atoms with E-state index in [1.807, 2.05) is 0 Å². The summed E-state index contributed by atoms with van der Waals surface area (Å²) in [6.45, 7) is 8.85. The van der Waals surface area contributed by atoms with Crippen molar-refractivity contribution in [3.8, 4) is 0 Å². The second kappa shape index (κ2) is 5.44. The number of rotatable bonds is 2. The van der Waals surface area contributed by atoms with Gasteiger partial charge in [-0.25, -0.2) is 0 Å². The molecule has 0 heterocycles. The first-order valence-corrected chi connectivity index (χ1v) is 7.22. The van der Waals surface area contributed by atoms with E-state index in [2.05, 4.69) is 45.9 Å². The van der Waals surface area contributed by atoms with Crippen molar-refractivity contribution in [2.24, 2.45) is 17.8 Å². The summed E-state index contributed by atoms with van der Waals surface area (Å²) in [7, 11) is 0. The highest BCUT2D eigenvalue weighted by atomic mass is 16.3. The zero-order chi connectivity index (χ0) is 13.3. The van der Waals surface area contributed by atoms with Crippen LogP contribution in [0.3, 0.4) is 0 Å². The molecule has 1 N–H and O–H groups in total.